The van der Waals surface area contributed by atoms with Gasteiger partial charge in [0.25, 0.3) is 0 Å². The molecule has 3 nitrogen and oxygen atoms in total. The average molecular weight is 219 g/mol. The van der Waals surface area contributed by atoms with Gasteiger partial charge < -0.3 is 10.2 Å². The van der Waals surface area contributed by atoms with Crippen LogP contribution in [0.1, 0.15) is 24.1 Å². The van der Waals surface area contributed by atoms with Gasteiger partial charge in [0.15, 0.2) is 0 Å². The van der Waals surface area contributed by atoms with Crippen molar-refractivity contribution in [1.29, 1.82) is 0 Å². The number of aryl methyl sites for hydroxylation is 1. The van der Waals surface area contributed by atoms with Crippen LogP contribution in [0.3, 0.4) is 0 Å². The first-order valence-electron chi connectivity index (χ1n) is 6.08. The number of likely N-dealkylation sites (tertiary alicyclic amines) is 1. The molecule has 1 aromatic rings. The summed E-state index contributed by atoms with van der Waals surface area (Å²) in [7, 11) is 2.21. The lowest BCUT2D eigenvalue weighted by Crippen LogP contribution is -2.35. The lowest BCUT2D eigenvalue weighted by molar-refractivity contribution is 0.300. The maximum absolute atomic E-state index is 4.39. The number of nitrogens with one attached hydrogen (secondary N) is 1. The maximum atomic E-state index is 4.39. The minimum atomic E-state index is 0.713. The maximum Gasteiger partial charge on any atom is 0.0541 e. The molecule has 3 heteroatoms. The van der Waals surface area contributed by atoms with E-state index in [1.807, 2.05) is 6.20 Å². The van der Waals surface area contributed by atoms with Gasteiger partial charge in [0.05, 0.1) is 5.69 Å². The van der Waals surface area contributed by atoms with E-state index in [4.69, 9.17) is 0 Å². The minimum absolute atomic E-state index is 0.713. The van der Waals surface area contributed by atoms with Crippen LogP contribution in [0.25, 0.3) is 0 Å². The van der Waals surface area contributed by atoms with Gasteiger partial charge in [-0.25, -0.2) is 0 Å². The minimum Gasteiger partial charge on any atom is -0.310 e. The molecule has 1 fully saturated rings. The van der Waals surface area contributed by atoms with Crippen molar-refractivity contribution in [2.75, 3.05) is 20.1 Å². The standard InChI is InChI=1S/C13H21N3/c1-11-5-6-12(15-8-11)9-14-10-13-4-3-7-16(13)2/h5-6,8,13-14H,3-4,7,9-10H2,1-2H3. The van der Waals surface area contributed by atoms with E-state index in [9.17, 15) is 0 Å². The zero-order chi connectivity index (χ0) is 11.4. The van der Waals surface area contributed by atoms with Gasteiger partial charge >= 0.3 is 0 Å². The first-order chi connectivity index (χ1) is 7.75. The van der Waals surface area contributed by atoms with Crippen LogP contribution >= 0.6 is 0 Å². The van der Waals surface area contributed by atoms with Crippen molar-refractivity contribution in [2.24, 2.45) is 0 Å². The molecule has 0 saturated carbocycles. The third-order valence-corrected chi connectivity index (χ3v) is 3.33. The summed E-state index contributed by atoms with van der Waals surface area (Å²) in [4.78, 5) is 6.83. The van der Waals surface area contributed by atoms with E-state index in [2.05, 4.69) is 41.3 Å². The third-order valence-electron chi connectivity index (χ3n) is 3.33. The Bertz CT molecular complexity index is 320. The second-order valence-electron chi connectivity index (χ2n) is 4.73. The summed E-state index contributed by atoms with van der Waals surface area (Å²) < 4.78 is 0. The van der Waals surface area contributed by atoms with Crippen molar-refractivity contribution in [1.82, 2.24) is 15.2 Å². The SMILES string of the molecule is Cc1ccc(CNCC2CCCN2C)nc1. The molecule has 1 unspecified atom stereocenters. The van der Waals surface area contributed by atoms with Gasteiger partial charge in [0.2, 0.25) is 0 Å². The Hall–Kier alpha value is -0.930. The van der Waals surface area contributed by atoms with E-state index in [0.29, 0.717) is 6.04 Å². The molecule has 88 valence electrons. The second kappa shape index (κ2) is 5.41. The Morgan fingerprint density at radius 1 is 1.50 bits per heavy atom. The summed E-state index contributed by atoms with van der Waals surface area (Å²) in [6.07, 6.45) is 4.59. The summed E-state index contributed by atoms with van der Waals surface area (Å²) in [5.41, 5.74) is 2.35. The van der Waals surface area contributed by atoms with Crippen LogP contribution < -0.4 is 5.32 Å². The highest BCUT2D eigenvalue weighted by Gasteiger charge is 2.19. The highest BCUT2D eigenvalue weighted by atomic mass is 15.2. The van der Waals surface area contributed by atoms with Crippen molar-refractivity contribution in [3.05, 3.63) is 29.6 Å². The number of hydrogen-bond acceptors (Lipinski definition) is 3. The van der Waals surface area contributed by atoms with Gasteiger partial charge in [-0.05, 0) is 45.0 Å². The van der Waals surface area contributed by atoms with Crippen LogP contribution in [0.5, 0.6) is 0 Å². The van der Waals surface area contributed by atoms with Crippen molar-refractivity contribution in [2.45, 2.75) is 32.4 Å². The Labute approximate surface area is 97.9 Å². The first kappa shape index (κ1) is 11.6. The van der Waals surface area contributed by atoms with E-state index in [1.165, 1.54) is 24.9 Å². The van der Waals surface area contributed by atoms with Crippen LogP contribution in [0.2, 0.25) is 0 Å². The van der Waals surface area contributed by atoms with Crippen molar-refractivity contribution in [3.8, 4) is 0 Å². The molecular weight excluding hydrogens is 198 g/mol. The van der Waals surface area contributed by atoms with Gasteiger partial charge in [-0.2, -0.15) is 0 Å². The zero-order valence-corrected chi connectivity index (χ0v) is 10.2. The molecule has 0 aliphatic carbocycles. The summed E-state index contributed by atoms with van der Waals surface area (Å²) in [5, 5.41) is 3.49. The molecule has 2 heterocycles. The lowest BCUT2D eigenvalue weighted by Gasteiger charge is -2.19. The number of pyridine rings is 1. The van der Waals surface area contributed by atoms with Gasteiger partial charge in [0.1, 0.15) is 0 Å². The van der Waals surface area contributed by atoms with E-state index in [1.54, 1.807) is 0 Å². The monoisotopic (exact) mass is 219 g/mol. The molecule has 1 aliphatic rings. The fourth-order valence-corrected chi connectivity index (χ4v) is 2.21. The molecule has 2 rings (SSSR count). The summed E-state index contributed by atoms with van der Waals surface area (Å²) in [6.45, 7) is 5.27. The summed E-state index contributed by atoms with van der Waals surface area (Å²) >= 11 is 0. The topological polar surface area (TPSA) is 28.2 Å². The molecule has 1 aromatic heterocycles. The van der Waals surface area contributed by atoms with Crippen LogP contribution in [-0.2, 0) is 6.54 Å². The van der Waals surface area contributed by atoms with Crippen molar-refractivity contribution in [3.63, 3.8) is 0 Å². The van der Waals surface area contributed by atoms with Crippen LogP contribution in [0.15, 0.2) is 18.3 Å². The average Bonchev–Trinajstić information content (AvgIpc) is 2.68. The molecule has 0 aromatic carbocycles. The van der Waals surface area contributed by atoms with Gasteiger partial charge in [-0.3, -0.25) is 4.98 Å². The molecule has 0 amide bonds. The number of likely N-dealkylation sites (N-methyl/N-ethyl adjacent to an activating group) is 1. The van der Waals surface area contributed by atoms with Crippen molar-refractivity contribution < 1.29 is 0 Å². The van der Waals surface area contributed by atoms with E-state index < -0.39 is 0 Å². The molecule has 16 heavy (non-hydrogen) atoms. The molecule has 1 aliphatic heterocycles. The normalized spacial score (nSPS) is 21.5. The number of nitrogens with zero attached hydrogens (tertiary/aromatic N) is 2. The van der Waals surface area contributed by atoms with Gasteiger partial charge in [-0.1, -0.05) is 6.07 Å². The summed E-state index contributed by atoms with van der Waals surface area (Å²) in [5.74, 6) is 0. The smallest absolute Gasteiger partial charge is 0.0541 e. The Balaban J connectivity index is 1.73. The number of rotatable bonds is 4. The highest BCUT2D eigenvalue weighted by molar-refractivity contribution is 5.11. The van der Waals surface area contributed by atoms with Gasteiger partial charge in [0, 0.05) is 25.3 Å². The molecule has 0 spiro atoms. The molecule has 0 radical (unpaired) electrons. The van der Waals surface area contributed by atoms with Gasteiger partial charge in [-0.15, -0.1) is 0 Å². The fourth-order valence-electron chi connectivity index (χ4n) is 2.21. The second-order valence-corrected chi connectivity index (χ2v) is 4.73. The Kier molecular flexibility index (Phi) is 3.91. The Morgan fingerprint density at radius 3 is 3.00 bits per heavy atom. The third kappa shape index (κ3) is 3.03. The first-order valence-corrected chi connectivity index (χ1v) is 6.08. The largest absolute Gasteiger partial charge is 0.310 e. The molecule has 1 saturated heterocycles. The summed E-state index contributed by atoms with van der Waals surface area (Å²) in [6, 6.07) is 4.93. The van der Waals surface area contributed by atoms with Crippen LogP contribution in [-0.4, -0.2) is 36.1 Å². The molecule has 1 atom stereocenters. The van der Waals surface area contributed by atoms with E-state index >= 15 is 0 Å². The predicted octanol–water partition coefficient (Wildman–Crippen LogP) is 1.57. The molecule has 1 N–H and O–H groups in total. The van der Waals surface area contributed by atoms with Crippen LogP contribution in [0.4, 0.5) is 0 Å². The predicted molar refractivity (Wildman–Crippen MR) is 66.3 cm³/mol. The lowest BCUT2D eigenvalue weighted by atomic mass is 10.2. The number of hydrogen-bond donors (Lipinski definition) is 1. The fraction of sp³-hybridized carbons (Fsp3) is 0.615. The molecule has 0 bridgehead atoms. The van der Waals surface area contributed by atoms with Crippen molar-refractivity contribution >= 4 is 0 Å². The van der Waals surface area contributed by atoms with Crippen LogP contribution in [0, 0.1) is 6.92 Å². The zero-order valence-electron chi connectivity index (χ0n) is 10.2. The van der Waals surface area contributed by atoms with E-state index in [-0.39, 0.29) is 0 Å². The highest BCUT2D eigenvalue weighted by Crippen LogP contribution is 2.13. The molecular formula is C13H21N3. The quantitative estimate of drug-likeness (QED) is 0.833. The van der Waals surface area contributed by atoms with E-state index in [0.717, 1.165) is 18.8 Å². The number of aromatic nitrogens is 1. The Morgan fingerprint density at radius 2 is 2.38 bits per heavy atom.